The number of nitrogens with zero attached hydrogens (tertiary/aromatic N) is 2. The molecule has 3 aromatic rings. The Hall–Kier alpha value is -3.49. The standard InChI is InChI=1S/C22H23F3N4O2/c1-3-4-12-31-17-10-8-15(9-11-17)28-21-26-14-19(22(23,24)25)20(29-21)27-16-6-5-7-18(13-16)30-2/h5-11,13-14H,3-4,12H2,1-2H3,(H2,26,27,28,29). The first-order valence-corrected chi connectivity index (χ1v) is 9.74. The van der Waals surface area contributed by atoms with E-state index < -0.39 is 11.7 Å². The smallest absolute Gasteiger partial charge is 0.421 e. The highest BCUT2D eigenvalue weighted by molar-refractivity contribution is 5.64. The van der Waals surface area contributed by atoms with Gasteiger partial charge in [-0.15, -0.1) is 0 Å². The van der Waals surface area contributed by atoms with Gasteiger partial charge in [0.05, 0.1) is 13.7 Å². The van der Waals surface area contributed by atoms with Crippen molar-refractivity contribution < 1.29 is 22.6 Å². The zero-order chi connectivity index (χ0) is 22.3. The highest BCUT2D eigenvalue weighted by Crippen LogP contribution is 2.35. The van der Waals surface area contributed by atoms with Crippen LogP contribution in [0.5, 0.6) is 11.5 Å². The first kappa shape index (κ1) is 22.2. The summed E-state index contributed by atoms with van der Waals surface area (Å²) in [5, 5.41) is 5.62. The normalized spacial score (nSPS) is 11.1. The van der Waals surface area contributed by atoms with Crippen LogP contribution in [-0.2, 0) is 6.18 Å². The highest BCUT2D eigenvalue weighted by atomic mass is 19.4. The maximum absolute atomic E-state index is 13.4. The number of methoxy groups -OCH3 is 1. The second-order valence-corrected chi connectivity index (χ2v) is 6.66. The summed E-state index contributed by atoms with van der Waals surface area (Å²) < 4.78 is 51.1. The molecule has 0 atom stereocenters. The number of alkyl halides is 3. The monoisotopic (exact) mass is 432 g/mol. The van der Waals surface area contributed by atoms with Crippen molar-refractivity contribution in [3.05, 3.63) is 60.3 Å². The molecule has 1 heterocycles. The summed E-state index contributed by atoms with van der Waals surface area (Å²) >= 11 is 0. The molecule has 0 amide bonds. The lowest BCUT2D eigenvalue weighted by Crippen LogP contribution is -2.12. The van der Waals surface area contributed by atoms with E-state index in [-0.39, 0.29) is 11.8 Å². The van der Waals surface area contributed by atoms with Gasteiger partial charge in [0, 0.05) is 23.6 Å². The van der Waals surface area contributed by atoms with Gasteiger partial charge in [0.2, 0.25) is 5.95 Å². The fourth-order valence-electron chi connectivity index (χ4n) is 2.68. The van der Waals surface area contributed by atoms with Crippen molar-refractivity contribution in [3.8, 4) is 11.5 Å². The first-order chi connectivity index (χ1) is 14.9. The predicted octanol–water partition coefficient (Wildman–Crippen LogP) is 6.17. The van der Waals surface area contributed by atoms with Gasteiger partial charge in [-0.1, -0.05) is 19.4 Å². The number of hydrogen-bond acceptors (Lipinski definition) is 6. The third-order valence-corrected chi connectivity index (χ3v) is 4.30. The molecular formula is C22H23F3N4O2. The second kappa shape index (κ2) is 10.0. The van der Waals surface area contributed by atoms with Crippen molar-refractivity contribution in [1.29, 1.82) is 0 Å². The molecule has 9 heteroatoms. The van der Waals surface area contributed by atoms with Crippen LogP contribution in [0.3, 0.4) is 0 Å². The minimum Gasteiger partial charge on any atom is -0.497 e. The van der Waals surface area contributed by atoms with Crippen molar-refractivity contribution >= 4 is 23.1 Å². The van der Waals surface area contributed by atoms with Gasteiger partial charge >= 0.3 is 6.18 Å². The molecule has 0 spiro atoms. The van der Waals surface area contributed by atoms with Crippen LogP contribution in [0.1, 0.15) is 25.3 Å². The van der Waals surface area contributed by atoms with E-state index >= 15 is 0 Å². The summed E-state index contributed by atoms with van der Waals surface area (Å²) in [6.07, 6.45) is -1.86. The lowest BCUT2D eigenvalue weighted by Gasteiger charge is -2.15. The highest BCUT2D eigenvalue weighted by Gasteiger charge is 2.35. The Morgan fingerprint density at radius 3 is 2.42 bits per heavy atom. The van der Waals surface area contributed by atoms with E-state index in [0.29, 0.717) is 29.5 Å². The van der Waals surface area contributed by atoms with Gasteiger partial charge in [0.25, 0.3) is 0 Å². The van der Waals surface area contributed by atoms with Crippen molar-refractivity contribution in [2.45, 2.75) is 25.9 Å². The molecule has 0 fully saturated rings. The van der Waals surface area contributed by atoms with Gasteiger partial charge in [0.15, 0.2) is 0 Å². The van der Waals surface area contributed by atoms with Crippen LogP contribution >= 0.6 is 0 Å². The summed E-state index contributed by atoms with van der Waals surface area (Å²) in [5.41, 5.74) is 0.0542. The van der Waals surface area contributed by atoms with Gasteiger partial charge in [-0.3, -0.25) is 0 Å². The summed E-state index contributed by atoms with van der Waals surface area (Å²) in [5.74, 6) is 0.885. The number of rotatable bonds is 9. The number of halogens is 3. The number of aromatic nitrogens is 2. The molecule has 2 aromatic carbocycles. The van der Waals surface area contributed by atoms with Gasteiger partial charge in [-0.25, -0.2) is 4.98 Å². The molecule has 0 saturated heterocycles. The topological polar surface area (TPSA) is 68.3 Å². The second-order valence-electron chi connectivity index (χ2n) is 6.66. The first-order valence-electron chi connectivity index (χ1n) is 9.74. The zero-order valence-electron chi connectivity index (χ0n) is 17.2. The van der Waals surface area contributed by atoms with Gasteiger partial charge in [0.1, 0.15) is 22.9 Å². The predicted molar refractivity (Wildman–Crippen MR) is 113 cm³/mol. The van der Waals surface area contributed by atoms with Gasteiger partial charge < -0.3 is 20.1 Å². The molecule has 0 bridgehead atoms. The van der Waals surface area contributed by atoms with Crippen LogP contribution in [0.25, 0.3) is 0 Å². The van der Waals surface area contributed by atoms with E-state index in [1.807, 2.05) is 0 Å². The van der Waals surface area contributed by atoms with Gasteiger partial charge in [-0.2, -0.15) is 18.2 Å². The summed E-state index contributed by atoms with van der Waals surface area (Å²) in [6, 6.07) is 13.6. The van der Waals surface area contributed by atoms with Crippen LogP contribution in [0.15, 0.2) is 54.7 Å². The zero-order valence-corrected chi connectivity index (χ0v) is 17.2. The van der Waals surface area contributed by atoms with Crippen LogP contribution in [0.2, 0.25) is 0 Å². The Morgan fingerprint density at radius 2 is 1.74 bits per heavy atom. The Kier molecular flexibility index (Phi) is 7.17. The summed E-state index contributed by atoms with van der Waals surface area (Å²) in [7, 11) is 1.48. The van der Waals surface area contributed by atoms with E-state index in [4.69, 9.17) is 9.47 Å². The van der Waals surface area contributed by atoms with E-state index in [2.05, 4.69) is 27.5 Å². The fourth-order valence-corrected chi connectivity index (χ4v) is 2.68. The van der Waals surface area contributed by atoms with Crippen molar-refractivity contribution in [2.75, 3.05) is 24.4 Å². The molecule has 0 radical (unpaired) electrons. The van der Waals surface area contributed by atoms with E-state index in [9.17, 15) is 13.2 Å². The molecule has 0 aliphatic carbocycles. The van der Waals surface area contributed by atoms with E-state index in [1.54, 1.807) is 48.5 Å². The third-order valence-electron chi connectivity index (χ3n) is 4.30. The molecule has 6 nitrogen and oxygen atoms in total. The molecule has 3 rings (SSSR count). The van der Waals surface area contributed by atoms with Crippen molar-refractivity contribution in [2.24, 2.45) is 0 Å². The lowest BCUT2D eigenvalue weighted by molar-refractivity contribution is -0.137. The average Bonchev–Trinajstić information content (AvgIpc) is 2.75. The number of ether oxygens (including phenoxy) is 2. The van der Waals surface area contributed by atoms with E-state index in [1.165, 1.54) is 7.11 Å². The van der Waals surface area contributed by atoms with E-state index in [0.717, 1.165) is 19.0 Å². The summed E-state index contributed by atoms with van der Waals surface area (Å²) in [4.78, 5) is 7.86. The molecule has 31 heavy (non-hydrogen) atoms. The third kappa shape index (κ3) is 6.24. The molecule has 0 aliphatic rings. The SMILES string of the molecule is CCCCOc1ccc(Nc2ncc(C(F)(F)F)c(Nc3cccc(OC)c3)n2)cc1. The van der Waals surface area contributed by atoms with Gasteiger partial charge in [-0.05, 0) is 42.8 Å². The molecule has 2 N–H and O–H groups in total. The Labute approximate surface area is 178 Å². The number of anilines is 4. The maximum atomic E-state index is 13.4. The maximum Gasteiger partial charge on any atom is 0.421 e. The van der Waals surface area contributed by atoms with Crippen molar-refractivity contribution in [1.82, 2.24) is 9.97 Å². The number of benzene rings is 2. The molecule has 1 aromatic heterocycles. The quantitative estimate of drug-likeness (QED) is 0.394. The molecule has 0 unspecified atom stereocenters. The largest absolute Gasteiger partial charge is 0.497 e. The Bertz CT molecular complexity index is 995. The van der Waals surface area contributed by atoms with Crippen molar-refractivity contribution in [3.63, 3.8) is 0 Å². The minimum absolute atomic E-state index is 0.0260. The molecule has 0 aliphatic heterocycles. The Balaban J connectivity index is 1.81. The lowest BCUT2D eigenvalue weighted by atomic mass is 10.2. The minimum atomic E-state index is -4.61. The van der Waals surface area contributed by atoms with Crippen LogP contribution in [0, 0.1) is 0 Å². The molecule has 0 saturated carbocycles. The molecular weight excluding hydrogens is 409 g/mol. The number of nitrogens with one attached hydrogen (secondary N) is 2. The fraction of sp³-hybridized carbons (Fsp3) is 0.273. The average molecular weight is 432 g/mol. The Morgan fingerprint density at radius 1 is 0.968 bits per heavy atom. The van der Waals surface area contributed by atoms with Crippen LogP contribution in [0.4, 0.5) is 36.3 Å². The molecule has 164 valence electrons. The van der Waals surface area contributed by atoms with Crippen LogP contribution < -0.4 is 20.1 Å². The number of unbranched alkanes of at least 4 members (excludes halogenated alkanes) is 1. The summed E-state index contributed by atoms with van der Waals surface area (Å²) in [6.45, 7) is 2.71. The number of hydrogen-bond donors (Lipinski definition) is 2. The van der Waals surface area contributed by atoms with Crippen LogP contribution in [-0.4, -0.2) is 23.7 Å².